The van der Waals surface area contributed by atoms with Crippen LogP contribution in [0.1, 0.15) is 49.6 Å². The molecule has 0 unspecified atom stereocenters. The second-order valence-corrected chi connectivity index (χ2v) is 8.20. The number of nitrogens with one attached hydrogen (secondary N) is 1. The second-order valence-electron chi connectivity index (χ2n) is 6.79. The van der Waals surface area contributed by atoms with Gasteiger partial charge in [0, 0.05) is 35.5 Å². The molecule has 27 heavy (non-hydrogen) atoms. The van der Waals surface area contributed by atoms with Crippen LogP contribution in [0.4, 0.5) is 10.8 Å². The van der Waals surface area contributed by atoms with Gasteiger partial charge in [-0.05, 0) is 37.5 Å². The predicted molar refractivity (Wildman–Crippen MR) is 109 cm³/mol. The monoisotopic (exact) mass is 406 g/mol. The molecule has 1 aromatic carbocycles. The summed E-state index contributed by atoms with van der Waals surface area (Å²) in [6.45, 7) is 6.46. The lowest BCUT2D eigenvalue weighted by molar-refractivity contribution is -0.120. The minimum atomic E-state index is -0.0334. The lowest BCUT2D eigenvalue weighted by atomic mass is 10.0. The molecule has 144 valence electrons. The molecule has 0 aliphatic carbocycles. The molecule has 3 rings (SSSR count). The minimum Gasteiger partial charge on any atom is -0.312 e. The molecule has 1 aliphatic heterocycles. The van der Waals surface area contributed by atoms with Crippen LogP contribution in [0.3, 0.4) is 0 Å². The zero-order chi connectivity index (χ0) is 19.6. The van der Waals surface area contributed by atoms with Crippen LogP contribution in [0.25, 0.3) is 0 Å². The van der Waals surface area contributed by atoms with E-state index in [0.29, 0.717) is 23.1 Å². The van der Waals surface area contributed by atoms with Crippen LogP contribution in [-0.4, -0.2) is 28.6 Å². The van der Waals surface area contributed by atoms with Gasteiger partial charge >= 0.3 is 0 Å². The van der Waals surface area contributed by atoms with Crippen LogP contribution in [0, 0.1) is 12.8 Å². The first-order valence-corrected chi connectivity index (χ1v) is 10.3. The lowest BCUT2D eigenvalue weighted by Crippen LogP contribution is -2.24. The smallest absolute Gasteiger partial charge is 0.229 e. The number of nitrogens with zero attached hydrogens (tertiary/aromatic N) is 3. The molecule has 2 aromatic rings. The average molecular weight is 407 g/mol. The first-order chi connectivity index (χ1) is 12.9. The van der Waals surface area contributed by atoms with Crippen molar-refractivity contribution in [2.75, 3.05) is 16.8 Å². The zero-order valence-electron chi connectivity index (χ0n) is 15.7. The summed E-state index contributed by atoms with van der Waals surface area (Å²) < 4.78 is 0. The van der Waals surface area contributed by atoms with Crippen molar-refractivity contribution in [3.8, 4) is 0 Å². The normalized spacial score (nSPS) is 17.0. The molecule has 1 aromatic heterocycles. The summed E-state index contributed by atoms with van der Waals surface area (Å²) in [5.74, 6) is -0.0417. The molecule has 1 atom stereocenters. The van der Waals surface area contributed by atoms with Crippen molar-refractivity contribution in [2.45, 2.75) is 46.0 Å². The Labute approximate surface area is 167 Å². The minimum absolute atomic E-state index is 0.0211. The SMILES string of the molecule is CCC(CC)C(=O)Nc1nnc([C@H]2CC(=O)N(c3ccc(C)c(Cl)c3)C2)s1. The number of halogens is 1. The molecule has 0 bridgehead atoms. The fourth-order valence-electron chi connectivity index (χ4n) is 3.19. The quantitative estimate of drug-likeness (QED) is 0.771. The van der Waals surface area contributed by atoms with Gasteiger partial charge in [0.2, 0.25) is 16.9 Å². The maximum absolute atomic E-state index is 12.5. The fourth-order valence-corrected chi connectivity index (χ4v) is 4.20. The van der Waals surface area contributed by atoms with Gasteiger partial charge in [-0.3, -0.25) is 9.59 Å². The van der Waals surface area contributed by atoms with Crippen molar-refractivity contribution in [1.82, 2.24) is 10.2 Å². The van der Waals surface area contributed by atoms with E-state index in [1.807, 2.05) is 39.0 Å². The largest absolute Gasteiger partial charge is 0.312 e. The predicted octanol–water partition coefficient (Wildman–Crippen LogP) is 4.40. The molecule has 0 radical (unpaired) electrons. The van der Waals surface area contributed by atoms with E-state index in [4.69, 9.17) is 11.6 Å². The number of aryl methyl sites for hydroxylation is 1. The van der Waals surface area contributed by atoms with Crippen LogP contribution >= 0.6 is 22.9 Å². The van der Waals surface area contributed by atoms with Gasteiger partial charge in [0.25, 0.3) is 0 Å². The molecule has 1 N–H and O–H groups in total. The van der Waals surface area contributed by atoms with Gasteiger partial charge in [-0.15, -0.1) is 10.2 Å². The Hall–Kier alpha value is -1.99. The molecule has 0 saturated carbocycles. The van der Waals surface area contributed by atoms with Crippen molar-refractivity contribution < 1.29 is 9.59 Å². The van der Waals surface area contributed by atoms with Gasteiger partial charge in [-0.25, -0.2) is 0 Å². The average Bonchev–Trinajstić information content (AvgIpc) is 3.25. The number of amides is 2. The summed E-state index contributed by atoms with van der Waals surface area (Å²) in [7, 11) is 0. The maximum Gasteiger partial charge on any atom is 0.229 e. The van der Waals surface area contributed by atoms with Crippen LogP contribution in [0.2, 0.25) is 5.02 Å². The Morgan fingerprint density at radius 3 is 2.78 bits per heavy atom. The fraction of sp³-hybridized carbons (Fsp3) is 0.474. The van der Waals surface area contributed by atoms with Gasteiger partial charge in [0.15, 0.2) is 0 Å². The van der Waals surface area contributed by atoms with Gasteiger partial charge in [-0.1, -0.05) is 42.9 Å². The number of hydrogen-bond acceptors (Lipinski definition) is 5. The standard InChI is InChI=1S/C19H23ClN4O2S/c1-4-12(5-2)17(26)21-19-23-22-18(27-19)13-8-16(25)24(10-13)14-7-6-11(3)15(20)9-14/h6-7,9,12-13H,4-5,8,10H2,1-3H3,(H,21,23,26)/t13-/m0/s1. The van der Waals surface area contributed by atoms with Gasteiger partial charge in [-0.2, -0.15) is 0 Å². The summed E-state index contributed by atoms with van der Waals surface area (Å²) in [5, 5.41) is 13.0. The third-order valence-corrected chi connectivity index (χ3v) is 6.38. The number of carbonyl (C=O) groups excluding carboxylic acids is 2. The number of rotatable bonds is 6. The first-order valence-electron chi connectivity index (χ1n) is 9.13. The Balaban J connectivity index is 1.69. The third kappa shape index (κ3) is 4.30. The number of anilines is 2. The summed E-state index contributed by atoms with van der Waals surface area (Å²) in [6.07, 6.45) is 1.96. The van der Waals surface area contributed by atoms with Crippen LogP contribution in [0.15, 0.2) is 18.2 Å². The van der Waals surface area contributed by atoms with E-state index < -0.39 is 0 Å². The van der Waals surface area contributed by atoms with E-state index >= 15 is 0 Å². The summed E-state index contributed by atoms with van der Waals surface area (Å²) in [6, 6.07) is 5.64. The van der Waals surface area contributed by atoms with E-state index in [9.17, 15) is 9.59 Å². The highest BCUT2D eigenvalue weighted by Gasteiger charge is 2.34. The summed E-state index contributed by atoms with van der Waals surface area (Å²) in [4.78, 5) is 26.4. The van der Waals surface area contributed by atoms with E-state index in [0.717, 1.165) is 29.1 Å². The third-order valence-electron chi connectivity index (χ3n) is 4.97. The highest BCUT2D eigenvalue weighted by atomic mass is 35.5. The van der Waals surface area contributed by atoms with Crippen molar-refractivity contribution >= 4 is 45.6 Å². The molecule has 2 amide bonds. The van der Waals surface area contributed by atoms with E-state index in [1.165, 1.54) is 11.3 Å². The molecule has 1 fully saturated rings. The van der Waals surface area contributed by atoms with Crippen molar-refractivity contribution in [3.63, 3.8) is 0 Å². The number of aromatic nitrogens is 2. The number of benzene rings is 1. The maximum atomic E-state index is 12.5. The van der Waals surface area contributed by atoms with Crippen molar-refractivity contribution in [1.29, 1.82) is 0 Å². The van der Waals surface area contributed by atoms with Gasteiger partial charge in [0.1, 0.15) is 5.01 Å². The number of hydrogen-bond donors (Lipinski definition) is 1. The summed E-state index contributed by atoms with van der Waals surface area (Å²) >= 11 is 7.54. The number of carbonyl (C=O) groups is 2. The molecule has 2 heterocycles. The van der Waals surface area contributed by atoms with Gasteiger partial charge in [0.05, 0.1) is 0 Å². The van der Waals surface area contributed by atoms with Crippen LogP contribution in [0.5, 0.6) is 0 Å². The van der Waals surface area contributed by atoms with Crippen LogP contribution < -0.4 is 10.2 Å². The molecular formula is C19H23ClN4O2S. The van der Waals surface area contributed by atoms with Crippen molar-refractivity contribution in [2.24, 2.45) is 5.92 Å². The molecular weight excluding hydrogens is 384 g/mol. The zero-order valence-corrected chi connectivity index (χ0v) is 17.2. The first kappa shape index (κ1) is 19.8. The van der Waals surface area contributed by atoms with Crippen molar-refractivity contribution in [3.05, 3.63) is 33.8 Å². The Kier molecular flexibility index (Phi) is 6.11. The Bertz CT molecular complexity index is 850. The highest BCUT2D eigenvalue weighted by Crippen LogP contribution is 2.35. The second kappa shape index (κ2) is 8.35. The van der Waals surface area contributed by atoms with E-state index in [2.05, 4.69) is 15.5 Å². The molecule has 1 saturated heterocycles. The van der Waals surface area contributed by atoms with Gasteiger partial charge < -0.3 is 10.2 Å². The highest BCUT2D eigenvalue weighted by molar-refractivity contribution is 7.15. The molecule has 8 heteroatoms. The molecule has 6 nitrogen and oxygen atoms in total. The molecule has 0 spiro atoms. The summed E-state index contributed by atoms with van der Waals surface area (Å²) in [5.41, 5.74) is 1.77. The van der Waals surface area contributed by atoms with Crippen LogP contribution in [-0.2, 0) is 9.59 Å². The van der Waals surface area contributed by atoms with E-state index in [-0.39, 0.29) is 23.7 Å². The van der Waals surface area contributed by atoms with E-state index in [1.54, 1.807) is 4.90 Å². The Morgan fingerprint density at radius 1 is 1.37 bits per heavy atom. The lowest BCUT2D eigenvalue weighted by Gasteiger charge is -2.17. The topological polar surface area (TPSA) is 75.2 Å². The molecule has 1 aliphatic rings. The Morgan fingerprint density at radius 2 is 2.11 bits per heavy atom.